The number of methoxy groups -OCH3 is 1. The van der Waals surface area contributed by atoms with Crippen LogP contribution in [0.4, 0.5) is 0 Å². The summed E-state index contributed by atoms with van der Waals surface area (Å²) in [6, 6.07) is 15.3. The molecule has 0 fully saturated rings. The molecule has 1 atom stereocenters. The molecule has 42 heavy (non-hydrogen) atoms. The Morgan fingerprint density at radius 1 is 1.12 bits per heavy atom. The molecule has 0 amide bonds. The van der Waals surface area contributed by atoms with Crippen molar-refractivity contribution in [2.45, 2.75) is 32.9 Å². The molecule has 11 heteroatoms. The molecule has 0 radical (unpaired) electrons. The molecule has 2 aromatic heterocycles. The molecule has 1 aliphatic heterocycles. The molecule has 0 spiro atoms. The summed E-state index contributed by atoms with van der Waals surface area (Å²) in [5.74, 6) is 0.927. The van der Waals surface area contributed by atoms with Gasteiger partial charge in [0.15, 0.2) is 4.80 Å². The molecule has 0 saturated carbocycles. The van der Waals surface area contributed by atoms with Gasteiger partial charge in [0.2, 0.25) is 0 Å². The number of ether oxygens (including phenoxy) is 3. The zero-order chi connectivity index (χ0) is 30.0. The van der Waals surface area contributed by atoms with E-state index in [1.807, 2.05) is 38.1 Å². The van der Waals surface area contributed by atoms with E-state index in [0.717, 1.165) is 0 Å². The second kappa shape index (κ2) is 12.7. The number of carbonyl (C=O) groups is 1. The molecule has 0 bridgehead atoms. The smallest absolute Gasteiger partial charge is 0.338 e. The van der Waals surface area contributed by atoms with Gasteiger partial charge in [-0.15, -0.1) is 0 Å². The van der Waals surface area contributed by atoms with Crippen molar-refractivity contribution >= 4 is 46.6 Å². The van der Waals surface area contributed by atoms with Crippen molar-refractivity contribution in [2.24, 2.45) is 4.99 Å². The molecule has 0 aliphatic carbocycles. The van der Waals surface area contributed by atoms with Gasteiger partial charge in [-0.2, -0.15) is 0 Å². The topological polar surface area (TPSA) is 92.3 Å². The fourth-order valence-corrected chi connectivity index (χ4v) is 6.06. The van der Waals surface area contributed by atoms with Crippen LogP contribution in [-0.2, 0) is 14.3 Å². The van der Waals surface area contributed by atoms with Crippen LogP contribution in [0.15, 0.2) is 80.1 Å². The van der Waals surface area contributed by atoms with Crippen molar-refractivity contribution < 1.29 is 23.4 Å². The number of furan rings is 1. The Hall–Kier alpha value is -3.63. The lowest BCUT2D eigenvalue weighted by Gasteiger charge is -2.27. The maximum Gasteiger partial charge on any atom is 0.338 e. The average molecular weight is 628 g/mol. The zero-order valence-electron chi connectivity index (χ0n) is 23.4. The molecule has 4 aromatic rings. The SMILES string of the molecule is COCCOC(=O)C1=C(C)N=c2s/c(=C/c3ccc(-c4cccc(Cl)c4Cl)o3)c(=O)n2[C@@H]1c1ccccc1OC(C)C. The standard InChI is InChI=1S/C31H28Cl2N2O6S/c1-17(2)40-23-11-6-5-8-21(23)28-26(30(37)39-15-14-38-4)18(3)34-31-35(28)29(36)25(42-31)16-19-12-13-24(41-19)20-9-7-10-22(32)27(20)33/h5-13,16-17,28H,14-15H2,1-4H3/b25-16+/t28-/m1/s1. The number of benzene rings is 2. The number of thiazole rings is 1. The van der Waals surface area contributed by atoms with Crippen molar-refractivity contribution in [3.05, 3.63) is 107 Å². The Labute approximate surface area is 256 Å². The fourth-order valence-electron chi connectivity index (χ4n) is 4.64. The molecule has 0 unspecified atom stereocenters. The van der Waals surface area contributed by atoms with Crippen molar-refractivity contribution in [2.75, 3.05) is 20.3 Å². The summed E-state index contributed by atoms with van der Waals surface area (Å²) in [7, 11) is 1.53. The van der Waals surface area contributed by atoms with Crippen molar-refractivity contribution in [1.29, 1.82) is 0 Å². The molecular weight excluding hydrogens is 599 g/mol. The van der Waals surface area contributed by atoms with Crippen molar-refractivity contribution in [1.82, 2.24) is 4.57 Å². The molecule has 218 valence electrons. The van der Waals surface area contributed by atoms with E-state index in [-0.39, 0.29) is 30.5 Å². The number of halogens is 2. The van der Waals surface area contributed by atoms with Crippen LogP contribution in [0.1, 0.15) is 38.1 Å². The summed E-state index contributed by atoms with van der Waals surface area (Å²) in [5.41, 5.74) is 1.64. The van der Waals surface area contributed by atoms with Gasteiger partial charge in [-0.25, -0.2) is 9.79 Å². The molecule has 5 rings (SSSR count). The van der Waals surface area contributed by atoms with Crippen LogP contribution in [0, 0.1) is 0 Å². The van der Waals surface area contributed by atoms with Gasteiger partial charge >= 0.3 is 5.97 Å². The van der Waals surface area contributed by atoms with Gasteiger partial charge in [0, 0.05) is 24.3 Å². The third kappa shape index (κ3) is 5.96. The Morgan fingerprint density at radius 2 is 1.90 bits per heavy atom. The highest BCUT2D eigenvalue weighted by atomic mass is 35.5. The summed E-state index contributed by atoms with van der Waals surface area (Å²) in [6.45, 7) is 5.86. The van der Waals surface area contributed by atoms with Crippen LogP contribution in [0.5, 0.6) is 5.75 Å². The highest BCUT2D eigenvalue weighted by Gasteiger charge is 2.35. The van der Waals surface area contributed by atoms with E-state index >= 15 is 0 Å². The second-order valence-corrected chi connectivity index (χ2v) is 11.5. The fraction of sp³-hybridized carbons (Fsp3) is 0.258. The molecule has 3 heterocycles. The molecule has 0 saturated heterocycles. The molecule has 2 aromatic carbocycles. The quantitative estimate of drug-likeness (QED) is 0.173. The maximum absolute atomic E-state index is 14.0. The number of esters is 1. The molecular formula is C31H28Cl2N2O6S. The van der Waals surface area contributed by atoms with Crippen LogP contribution >= 0.6 is 34.5 Å². The summed E-state index contributed by atoms with van der Waals surface area (Å²) in [4.78, 5) is 32.5. The second-order valence-electron chi connectivity index (χ2n) is 9.72. The van der Waals surface area contributed by atoms with Crippen LogP contribution in [0.2, 0.25) is 10.0 Å². The minimum Gasteiger partial charge on any atom is -0.491 e. The Bertz CT molecular complexity index is 1850. The minimum absolute atomic E-state index is 0.0604. The number of nitrogens with zero attached hydrogens (tertiary/aromatic N) is 2. The number of fused-ring (bicyclic) bond motifs is 1. The first kappa shape index (κ1) is 29.8. The van der Waals surface area contributed by atoms with Gasteiger partial charge in [-0.1, -0.05) is 58.8 Å². The number of rotatable bonds is 9. The number of allylic oxidation sites excluding steroid dienone is 1. The van der Waals surface area contributed by atoms with E-state index in [1.54, 1.807) is 43.3 Å². The zero-order valence-corrected chi connectivity index (χ0v) is 25.7. The van der Waals surface area contributed by atoms with Crippen LogP contribution in [-0.4, -0.2) is 37.0 Å². The third-order valence-corrected chi connectivity index (χ3v) is 8.26. The van der Waals surface area contributed by atoms with Crippen molar-refractivity contribution in [3.8, 4) is 17.1 Å². The lowest BCUT2D eigenvalue weighted by Crippen LogP contribution is -2.40. The first-order valence-electron chi connectivity index (χ1n) is 13.2. The summed E-state index contributed by atoms with van der Waals surface area (Å²) in [6.07, 6.45) is 1.51. The van der Waals surface area contributed by atoms with E-state index in [4.69, 9.17) is 41.8 Å². The van der Waals surface area contributed by atoms with Crippen LogP contribution in [0.3, 0.4) is 0 Å². The van der Waals surface area contributed by atoms with E-state index in [0.29, 0.717) is 53.5 Å². The molecule has 0 N–H and O–H groups in total. The van der Waals surface area contributed by atoms with Gasteiger partial charge in [0.05, 0.1) is 38.6 Å². The largest absolute Gasteiger partial charge is 0.491 e. The normalized spacial score (nSPS) is 15.1. The first-order valence-corrected chi connectivity index (χ1v) is 14.7. The van der Waals surface area contributed by atoms with Crippen LogP contribution in [0.25, 0.3) is 17.4 Å². The lowest BCUT2D eigenvalue weighted by atomic mass is 9.95. The summed E-state index contributed by atoms with van der Waals surface area (Å²) in [5, 5.41) is 0.788. The van der Waals surface area contributed by atoms with Gasteiger partial charge in [-0.05, 0) is 51.1 Å². The predicted molar refractivity (Wildman–Crippen MR) is 163 cm³/mol. The van der Waals surface area contributed by atoms with E-state index < -0.39 is 12.0 Å². The monoisotopic (exact) mass is 626 g/mol. The molecule has 1 aliphatic rings. The molecule has 8 nitrogen and oxygen atoms in total. The summed E-state index contributed by atoms with van der Waals surface area (Å²) < 4.78 is 24.6. The number of carbonyl (C=O) groups excluding carboxylic acids is 1. The van der Waals surface area contributed by atoms with Gasteiger partial charge in [-0.3, -0.25) is 9.36 Å². The van der Waals surface area contributed by atoms with E-state index in [2.05, 4.69) is 4.99 Å². The Kier molecular flexibility index (Phi) is 9.03. The Morgan fingerprint density at radius 3 is 2.67 bits per heavy atom. The Balaban J connectivity index is 1.64. The van der Waals surface area contributed by atoms with E-state index in [1.165, 1.54) is 23.0 Å². The van der Waals surface area contributed by atoms with Gasteiger partial charge in [0.25, 0.3) is 5.56 Å². The summed E-state index contributed by atoms with van der Waals surface area (Å²) >= 11 is 13.8. The highest BCUT2D eigenvalue weighted by molar-refractivity contribution is 7.07. The number of hydrogen-bond donors (Lipinski definition) is 0. The number of aromatic nitrogens is 1. The highest BCUT2D eigenvalue weighted by Crippen LogP contribution is 2.37. The van der Waals surface area contributed by atoms with Gasteiger partial charge in [0.1, 0.15) is 29.9 Å². The minimum atomic E-state index is -0.828. The van der Waals surface area contributed by atoms with Crippen molar-refractivity contribution in [3.63, 3.8) is 0 Å². The average Bonchev–Trinajstić information content (AvgIpc) is 3.53. The number of para-hydroxylation sites is 1. The maximum atomic E-state index is 14.0. The van der Waals surface area contributed by atoms with E-state index in [9.17, 15) is 9.59 Å². The third-order valence-electron chi connectivity index (χ3n) is 6.46. The van der Waals surface area contributed by atoms with Crippen LogP contribution < -0.4 is 19.6 Å². The number of hydrogen-bond acceptors (Lipinski definition) is 8. The lowest BCUT2D eigenvalue weighted by molar-refractivity contribution is -0.140. The van der Waals surface area contributed by atoms with Gasteiger partial charge < -0.3 is 18.6 Å². The first-order chi connectivity index (χ1) is 20.2. The predicted octanol–water partition coefficient (Wildman–Crippen LogP) is 5.78.